The van der Waals surface area contributed by atoms with E-state index in [2.05, 4.69) is 40.5 Å². The van der Waals surface area contributed by atoms with Crippen LogP contribution in [-0.2, 0) is 21.2 Å². The first kappa shape index (κ1) is 24.2. The van der Waals surface area contributed by atoms with E-state index in [9.17, 15) is 13.2 Å². The lowest BCUT2D eigenvalue weighted by Crippen LogP contribution is -2.47. The summed E-state index contributed by atoms with van der Waals surface area (Å²) in [7, 11) is -1.39. The maximum Gasteiger partial charge on any atom is 0.237 e. The van der Waals surface area contributed by atoms with Crippen molar-refractivity contribution in [3.8, 4) is 5.75 Å². The van der Waals surface area contributed by atoms with E-state index in [-0.39, 0.29) is 34.7 Å². The van der Waals surface area contributed by atoms with E-state index in [1.165, 1.54) is 16.3 Å². The SMILES string of the molecule is COc1ccc(S[C@@H]2C[C@@H](C(=O)NC3CCS(=O)(=O)C3)N(Cc3ccc4ccccc4c3)C2)cc1. The number of rotatable bonds is 7. The van der Waals surface area contributed by atoms with Gasteiger partial charge < -0.3 is 10.1 Å². The Morgan fingerprint density at radius 1 is 1.09 bits per heavy atom. The molecule has 3 atom stereocenters. The van der Waals surface area contributed by atoms with Crippen LogP contribution in [0.2, 0.25) is 0 Å². The van der Waals surface area contributed by atoms with Gasteiger partial charge in [0.1, 0.15) is 5.75 Å². The monoisotopic (exact) mass is 510 g/mol. The van der Waals surface area contributed by atoms with Crippen molar-refractivity contribution in [3.63, 3.8) is 0 Å². The summed E-state index contributed by atoms with van der Waals surface area (Å²) >= 11 is 1.78. The van der Waals surface area contributed by atoms with Crippen LogP contribution in [0, 0.1) is 0 Å². The molecule has 2 aliphatic heterocycles. The highest BCUT2D eigenvalue weighted by Crippen LogP contribution is 2.35. The van der Waals surface area contributed by atoms with E-state index >= 15 is 0 Å². The number of hydrogen-bond donors (Lipinski definition) is 1. The van der Waals surface area contributed by atoms with E-state index in [0.29, 0.717) is 13.0 Å². The van der Waals surface area contributed by atoms with Crippen LogP contribution in [-0.4, -0.2) is 61.7 Å². The zero-order valence-corrected chi connectivity index (χ0v) is 21.4. The number of methoxy groups -OCH3 is 1. The number of hydrogen-bond acceptors (Lipinski definition) is 6. The summed E-state index contributed by atoms with van der Waals surface area (Å²) in [6.45, 7) is 1.45. The molecule has 0 radical (unpaired) electrons. The highest BCUT2D eigenvalue weighted by Gasteiger charge is 2.39. The molecule has 2 aliphatic rings. The van der Waals surface area contributed by atoms with Crippen molar-refractivity contribution in [2.45, 2.75) is 41.6 Å². The van der Waals surface area contributed by atoms with Crippen LogP contribution in [0.4, 0.5) is 0 Å². The quantitative estimate of drug-likeness (QED) is 0.520. The molecule has 35 heavy (non-hydrogen) atoms. The van der Waals surface area contributed by atoms with Gasteiger partial charge in [-0.15, -0.1) is 11.8 Å². The third-order valence-electron chi connectivity index (χ3n) is 6.81. The molecule has 1 amide bonds. The molecular weight excluding hydrogens is 480 g/mol. The van der Waals surface area contributed by atoms with E-state index < -0.39 is 9.84 Å². The van der Waals surface area contributed by atoms with Gasteiger partial charge in [0, 0.05) is 29.3 Å². The molecule has 0 aromatic heterocycles. The molecule has 2 saturated heterocycles. The minimum atomic E-state index is -3.05. The summed E-state index contributed by atoms with van der Waals surface area (Å²) in [6, 6.07) is 22.2. The third kappa shape index (κ3) is 5.82. The van der Waals surface area contributed by atoms with Gasteiger partial charge in [-0.05, 0) is 59.5 Å². The molecule has 3 aromatic carbocycles. The van der Waals surface area contributed by atoms with Crippen molar-refractivity contribution >= 4 is 38.3 Å². The van der Waals surface area contributed by atoms with Gasteiger partial charge in [0.15, 0.2) is 9.84 Å². The number of likely N-dealkylation sites (tertiary alicyclic amines) is 1. The predicted octanol–water partition coefficient (Wildman–Crippen LogP) is 3.89. The summed E-state index contributed by atoms with van der Waals surface area (Å²) < 4.78 is 29.0. The molecular formula is C27H30N2O4S2. The Kier molecular flexibility index (Phi) is 7.05. The Morgan fingerprint density at radius 2 is 1.86 bits per heavy atom. The minimum Gasteiger partial charge on any atom is -0.497 e. The first-order chi connectivity index (χ1) is 16.9. The van der Waals surface area contributed by atoms with Crippen molar-refractivity contribution in [1.29, 1.82) is 0 Å². The molecule has 5 rings (SSSR count). The predicted molar refractivity (Wildman–Crippen MR) is 141 cm³/mol. The van der Waals surface area contributed by atoms with Crippen LogP contribution in [0.3, 0.4) is 0 Å². The Bertz CT molecular complexity index is 1310. The van der Waals surface area contributed by atoms with Crippen LogP contribution in [0.1, 0.15) is 18.4 Å². The second-order valence-electron chi connectivity index (χ2n) is 9.39. The molecule has 8 heteroatoms. The maximum atomic E-state index is 13.3. The highest BCUT2D eigenvalue weighted by molar-refractivity contribution is 8.00. The number of benzene rings is 3. The van der Waals surface area contributed by atoms with Gasteiger partial charge in [0.05, 0.1) is 24.7 Å². The number of fused-ring (bicyclic) bond motifs is 1. The second kappa shape index (κ2) is 10.2. The fourth-order valence-corrected chi connectivity index (χ4v) is 7.92. The molecule has 0 aliphatic carbocycles. The number of carbonyl (C=O) groups is 1. The number of thioether (sulfide) groups is 1. The zero-order valence-electron chi connectivity index (χ0n) is 19.7. The lowest BCUT2D eigenvalue weighted by Gasteiger charge is -2.25. The molecule has 3 aromatic rings. The first-order valence-corrected chi connectivity index (χ1v) is 14.6. The Hall–Kier alpha value is -2.55. The highest BCUT2D eigenvalue weighted by atomic mass is 32.2. The average molecular weight is 511 g/mol. The summed E-state index contributed by atoms with van der Waals surface area (Å²) in [4.78, 5) is 16.7. The molecule has 0 saturated carbocycles. The topological polar surface area (TPSA) is 75.7 Å². The van der Waals surface area contributed by atoms with Gasteiger partial charge in [0.25, 0.3) is 0 Å². The number of nitrogens with zero attached hydrogens (tertiary/aromatic N) is 1. The van der Waals surface area contributed by atoms with Crippen LogP contribution < -0.4 is 10.1 Å². The number of sulfone groups is 1. The van der Waals surface area contributed by atoms with Crippen molar-refractivity contribution in [2.24, 2.45) is 0 Å². The molecule has 1 unspecified atom stereocenters. The number of carbonyl (C=O) groups excluding carboxylic acids is 1. The van der Waals surface area contributed by atoms with Crippen LogP contribution in [0.5, 0.6) is 5.75 Å². The number of nitrogens with one attached hydrogen (secondary N) is 1. The Labute approximate surface area is 211 Å². The summed E-state index contributed by atoms with van der Waals surface area (Å²) in [5.41, 5.74) is 1.17. The van der Waals surface area contributed by atoms with Crippen molar-refractivity contribution in [3.05, 3.63) is 72.3 Å². The standard InChI is InChI=1S/C27H30N2O4S2/c1-33-23-8-10-24(11-9-23)34-25-15-26(27(30)28-22-12-13-35(31,32)18-22)29(17-25)16-19-6-7-20-4-2-3-5-21(20)14-19/h2-11,14,22,25-26H,12-13,15-18H2,1H3,(H,28,30)/t22?,25-,26+/m1/s1. The maximum absolute atomic E-state index is 13.3. The van der Waals surface area contributed by atoms with Crippen LogP contribution in [0.15, 0.2) is 71.6 Å². The third-order valence-corrected chi connectivity index (χ3v) is 9.80. The molecule has 1 N–H and O–H groups in total. The molecule has 0 spiro atoms. The van der Waals surface area contributed by atoms with Gasteiger partial charge in [0.2, 0.25) is 5.91 Å². The lowest BCUT2D eigenvalue weighted by atomic mass is 10.1. The zero-order chi connectivity index (χ0) is 24.4. The fourth-order valence-electron chi connectivity index (χ4n) is 5.02. The number of ether oxygens (including phenoxy) is 1. The molecule has 0 bridgehead atoms. The lowest BCUT2D eigenvalue weighted by molar-refractivity contribution is -0.126. The van der Waals surface area contributed by atoms with Crippen molar-refractivity contribution in [1.82, 2.24) is 10.2 Å². The van der Waals surface area contributed by atoms with E-state index in [4.69, 9.17) is 4.74 Å². The van der Waals surface area contributed by atoms with Crippen LogP contribution >= 0.6 is 11.8 Å². The summed E-state index contributed by atoms with van der Waals surface area (Å²) in [5, 5.41) is 5.67. The number of amides is 1. The summed E-state index contributed by atoms with van der Waals surface area (Å²) in [5.74, 6) is 0.952. The normalized spacial score (nSPS) is 24.0. The second-order valence-corrected chi connectivity index (χ2v) is 13.0. The van der Waals surface area contributed by atoms with Gasteiger partial charge in [-0.3, -0.25) is 9.69 Å². The molecule has 6 nitrogen and oxygen atoms in total. The van der Waals surface area contributed by atoms with Crippen LogP contribution in [0.25, 0.3) is 10.8 Å². The minimum absolute atomic E-state index is 0.0418. The fraction of sp³-hybridized carbons (Fsp3) is 0.370. The Morgan fingerprint density at radius 3 is 2.57 bits per heavy atom. The van der Waals surface area contributed by atoms with E-state index in [1.54, 1.807) is 18.9 Å². The average Bonchev–Trinajstić information content (AvgIpc) is 3.41. The van der Waals surface area contributed by atoms with Gasteiger partial charge >= 0.3 is 0 Å². The van der Waals surface area contributed by atoms with E-state index in [0.717, 1.165) is 23.6 Å². The molecule has 184 valence electrons. The molecule has 2 fully saturated rings. The molecule has 2 heterocycles. The largest absolute Gasteiger partial charge is 0.497 e. The van der Waals surface area contributed by atoms with Gasteiger partial charge in [-0.2, -0.15) is 0 Å². The van der Waals surface area contributed by atoms with Gasteiger partial charge in [-0.1, -0.05) is 36.4 Å². The van der Waals surface area contributed by atoms with Crippen molar-refractivity contribution in [2.75, 3.05) is 25.2 Å². The van der Waals surface area contributed by atoms with E-state index in [1.807, 2.05) is 36.4 Å². The van der Waals surface area contributed by atoms with Gasteiger partial charge in [-0.25, -0.2) is 8.42 Å². The Balaban J connectivity index is 1.33. The summed E-state index contributed by atoms with van der Waals surface area (Å²) in [6.07, 6.45) is 1.21. The smallest absolute Gasteiger partial charge is 0.237 e. The van der Waals surface area contributed by atoms with Crippen molar-refractivity contribution < 1.29 is 17.9 Å². The first-order valence-electron chi connectivity index (χ1n) is 11.9.